The third-order valence-corrected chi connectivity index (χ3v) is 12.1. The van der Waals surface area contributed by atoms with Crippen molar-refractivity contribution in [2.75, 3.05) is 0 Å². The van der Waals surface area contributed by atoms with Crippen molar-refractivity contribution in [3.63, 3.8) is 0 Å². The highest BCUT2D eigenvalue weighted by atomic mass is 32.2. The summed E-state index contributed by atoms with van der Waals surface area (Å²) < 4.78 is 5.07. The van der Waals surface area contributed by atoms with E-state index in [1.165, 1.54) is 85.5 Å². The van der Waals surface area contributed by atoms with Crippen LogP contribution < -0.4 is 21.9 Å². The lowest BCUT2D eigenvalue weighted by Gasteiger charge is -2.37. The van der Waals surface area contributed by atoms with Crippen LogP contribution >= 0.6 is 23.5 Å². The Morgan fingerprint density at radius 3 is 1.40 bits per heavy atom. The van der Waals surface area contributed by atoms with E-state index in [9.17, 15) is 0 Å². The van der Waals surface area contributed by atoms with Crippen molar-refractivity contribution in [1.29, 1.82) is 0 Å². The molecule has 0 saturated carbocycles. The highest BCUT2D eigenvalue weighted by Gasteiger charge is 2.44. The monoisotopic (exact) mass is 540 g/mol. The van der Waals surface area contributed by atoms with Crippen molar-refractivity contribution in [2.45, 2.75) is 19.6 Å². The van der Waals surface area contributed by atoms with E-state index in [0.29, 0.717) is 0 Å². The molecule has 0 saturated heterocycles. The highest BCUT2D eigenvalue weighted by molar-refractivity contribution is 8.03. The molecule has 0 fully saturated rings. The Balaban J connectivity index is 1.22. The molecule has 0 amide bonds. The smallest absolute Gasteiger partial charge is 0.330 e. The molecule has 6 heterocycles. The van der Waals surface area contributed by atoms with Gasteiger partial charge < -0.3 is 8.96 Å². The minimum Gasteiger partial charge on any atom is -0.382 e. The maximum atomic E-state index is 2.54. The molecule has 11 rings (SSSR count). The van der Waals surface area contributed by atoms with Gasteiger partial charge in [-0.15, -0.1) is 0 Å². The summed E-state index contributed by atoms with van der Waals surface area (Å²) in [6.45, 7) is 0.387. The summed E-state index contributed by atoms with van der Waals surface area (Å²) in [5.41, 5.74) is 14.0. The maximum absolute atomic E-state index is 2.54. The zero-order valence-corrected chi connectivity index (χ0v) is 22.9. The van der Waals surface area contributed by atoms with Crippen molar-refractivity contribution in [3.8, 4) is 22.3 Å². The van der Waals surface area contributed by atoms with Gasteiger partial charge >= 0.3 is 13.7 Å². The summed E-state index contributed by atoms with van der Waals surface area (Å²) in [5.74, 6) is 0. The van der Waals surface area contributed by atoms with Crippen LogP contribution in [0.1, 0.15) is 0 Å². The summed E-state index contributed by atoms with van der Waals surface area (Å²) in [5, 5.41) is 2.64. The molecule has 6 heteroatoms. The summed E-state index contributed by atoms with van der Waals surface area (Å²) in [6, 6.07) is 36.8. The summed E-state index contributed by atoms with van der Waals surface area (Å²) in [6.07, 6.45) is 4.61. The number of aromatic nitrogens is 2. The minimum absolute atomic E-state index is 0.193. The third kappa shape index (κ3) is 2.30. The Bertz CT molecular complexity index is 2150. The van der Waals surface area contributed by atoms with Crippen molar-refractivity contribution >= 4 is 80.9 Å². The lowest BCUT2D eigenvalue weighted by atomic mass is 9.45. The van der Waals surface area contributed by atoms with Crippen LogP contribution in [-0.2, 0) is 0 Å². The molecule has 7 aromatic rings. The molecule has 0 bridgehead atoms. The van der Waals surface area contributed by atoms with Crippen LogP contribution in [0.2, 0.25) is 0 Å². The standard InChI is InChI=1S/C34H18B2N2S2/c1-5-19-15-17-37-31(19)23(9-1)21-7-3-11-27-29(21)35(37)25-13-14-26-34(33(25)39-27)40-28-12-4-8-22-24-10-2-6-20-16-18-38(32(20)24)36(26)30(22)28/h1-18H. The molecule has 0 N–H and O–H groups in total. The molecular weight excluding hydrogens is 522 g/mol. The molecule has 182 valence electrons. The lowest BCUT2D eigenvalue weighted by molar-refractivity contribution is 1.19. The minimum atomic E-state index is 0.193. The van der Waals surface area contributed by atoms with Gasteiger partial charge in [0.1, 0.15) is 0 Å². The van der Waals surface area contributed by atoms with E-state index in [-0.39, 0.29) is 13.7 Å². The number of para-hydroxylation sites is 2. The predicted octanol–water partition coefficient (Wildman–Crippen LogP) is 5.79. The first-order chi connectivity index (χ1) is 19.8. The number of benzene rings is 5. The molecule has 2 nitrogen and oxygen atoms in total. The zero-order valence-electron chi connectivity index (χ0n) is 21.3. The van der Waals surface area contributed by atoms with Gasteiger partial charge in [0.2, 0.25) is 0 Å². The van der Waals surface area contributed by atoms with Crippen molar-refractivity contribution < 1.29 is 0 Å². The molecule has 0 unspecified atom stereocenters. The summed E-state index contributed by atoms with van der Waals surface area (Å²) in [7, 11) is 0. The molecular formula is C34H18B2N2S2. The second-order valence-corrected chi connectivity index (χ2v) is 13.4. The van der Waals surface area contributed by atoms with Crippen molar-refractivity contribution in [2.24, 2.45) is 0 Å². The van der Waals surface area contributed by atoms with E-state index < -0.39 is 0 Å². The molecule has 2 aromatic heterocycles. The van der Waals surface area contributed by atoms with Crippen LogP contribution in [-0.4, -0.2) is 22.7 Å². The van der Waals surface area contributed by atoms with Crippen LogP contribution in [0, 0.1) is 0 Å². The van der Waals surface area contributed by atoms with Gasteiger partial charge in [-0.2, -0.15) is 0 Å². The van der Waals surface area contributed by atoms with Gasteiger partial charge in [0.15, 0.2) is 0 Å². The van der Waals surface area contributed by atoms with Gasteiger partial charge in [-0.25, -0.2) is 0 Å². The molecule has 0 atom stereocenters. The predicted molar refractivity (Wildman–Crippen MR) is 170 cm³/mol. The molecule has 0 aliphatic carbocycles. The van der Waals surface area contributed by atoms with Crippen LogP contribution in [0.3, 0.4) is 0 Å². The Hall–Kier alpha value is -3.99. The van der Waals surface area contributed by atoms with Crippen LogP contribution in [0.4, 0.5) is 0 Å². The SMILES string of the molecule is c1cc2c3c(c1)-c1cccc4ccn(c14)B3c1ccc3c(c1S2)Sc1cccc2c1B3n1ccc3cccc-2c31. The Morgan fingerprint density at radius 1 is 0.450 bits per heavy atom. The van der Waals surface area contributed by atoms with Crippen molar-refractivity contribution in [3.05, 3.63) is 109 Å². The fourth-order valence-corrected chi connectivity index (χ4v) is 10.6. The fourth-order valence-electron chi connectivity index (χ4n) is 7.95. The van der Waals surface area contributed by atoms with Gasteiger partial charge in [-0.3, -0.25) is 0 Å². The van der Waals surface area contributed by atoms with E-state index in [1.807, 2.05) is 23.5 Å². The largest absolute Gasteiger partial charge is 0.382 e. The average molecular weight is 540 g/mol. The lowest BCUT2D eigenvalue weighted by Crippen LogP contribution is -2.58. The third-order valence-electron chi connectivity index (χ3n) is 9.48. The molecule has 5 aromatic carbocycles. The normalized spacial score (nSPS) is 14.7. The zero-order chi connectivity index (χ0) is 25.7. The van der Waals surface area contributed by atoms with Gasteiger partial charge in [0.05, 0.1) is 0 Å². The number of hydrogen-bond donors (Lipinski definition) is 0. The molecule has 0 spiro atoms. The molecule has 4 aliphatic rings. The Morgan fingerprint density at radius 2 is 0.900 bits per heavy atom. The highest BCUT2D eigenvalue weighted by Crippen LogP contribution is 2.46. The number of hydrogen-bond acceptors (Lipinski definition) is 2. The quantitative estimate of drug-likeness (QED) is 0.225. The molecule has 40 heavy (non-hydrogen) atoms. The van der Waals surface area contributed by atoms with Crippen LogP contribution in [0.25, 0.3) is 44.1 Å². The van der Waals surface area contributed by atoms with E-state index in [4.69, 9.17) is 0 Å². The fraction of sp³-hybridized carbons (Fsp3) is 0. The molecule has 4 aliphatic heterocycles. The number of nitrogens with zero attached hydrogens (tertiary/aromatic N) is 2. The van der Waals surface area contributed by atoms with Gasteiger partial charge in [-0.05, 0) is 80.4 Å². The van der Waals surface area contributed by atoms with Crippen molar-refractivity contribution in [1.82, 2.24) is 8.96 Å². The summed E-state index contributed by atoms with van der Waals surface area (Å²) in [4.78, 5) is 5.63. The van der Waals surface area contributed by atoms with E-state index in [1.54, 1.807) is 0 Å². The Kier molecular flexibility index (Phi) is 3.65. The van der Waals surface area contributed by atoms with E-state index in [0.717, 1.165) is 0 Å². The van der Waals surface area contributed by atoms with E-state index >= 15 is 0 Å². The van der Waals surface area contributed by atoms with Gasteiger partial charge in [0, 0.05) is 41.7 Å². The van der Waals surface area contributed by atoms with Crippen LogP contribution in [0.15, 0.2) is 129 Å². The number of fused-ring (bicyclic) bond motifs is 9. The second kappa shape index (κ2) is 7.01. The Labute approximate surface area is 240 Å². The average Bonchev–Trinajstić information content (AvgIpc) is 3.63. The van der Waals surface area contributed by atoms with Gasteiger partial charge in [-0.1, -0.05) is 96.3 Å². The van der Waals surface area contributed by atoms with Gasteiger partial charge in [0.25, 0.3) is 0 Å². The first kappa shape index (κ1) is 20.8. The molecule has 0 radical (unpaired) electrons. The van der Waals surface area contributed by atoms with E-state index in [2.05, 4.69) is 118 Å². The first-order valence-corrected chi connectivity index (χ1v) is 15.5. The first-order valence-electron chi connectivity index (χ1n) is 13.8. The summed E-state index contributed by atoms with van der Waals surface area (Å²) >= 11 is 3.95. The maximum Gasteiger partial charge on any atom is 0.330 e. The topological polar surface area (TPSA) is 9.86 Å². The number of rotatable bonds is 0. The van der Waals surface area contributed by atoms with Crippen LogP contribution in [0.5, 0.6) is 0 Å². The second-order valence-electron chi connectivity index (χ2n) is 11.3.